The zero-order valence-electron chi connectivity index (χ0n) is 13.3. The van der Waals surface area contributed by atoms with E-state index >= 15 is 0 Å². The zero-order chi connectivity index (χ0) is 16.6. The second kappa shape index (κ2) is 6.11. The Kier molecular flexibility index (Phi) is 4.31. The Labute approximate surface area is 136 Å². The van der Waals surface area contributed by atoms with E-state index < -0.39 is 14.8 Å². The summed E-state index contributed by atoms with van der Waals surface area (Å²) in [7, 11) is -3.45. The van der Waals surface area contributed by atoms with Gasteiger partial charge in [0, 0.05) is 25.4 Å². The largest absolute Gasteiger partial charge is 0.366 e. The molecule has 0 unspecified atom stereocenters. The Morgan fingerprint density at radius 3 is 2.52 bits per heavy atom. The molecule has 1 saturated heterocycles. The molecule has 2 aliphatic rings. The minimum absolute atomic E-state index is 0.000465. The third kappa shape index (κ3) is 3.34. The average molecular weight is 338 g/mol. The third-order valence-corrected chi connectivity index (χ3v) is 6.31. The maximum absolute atomic E-state index is 11.6. The van der Waals surface area contributed by atoms with Crippen LogP contribution in [0.5, 0.6) is 0 Å². The van der Waals surface area contributed by atoms with Crippen LogP contribution >= 0.6 is 0 Å². The smallest absolute Gasteiger partial charge is 0.293 e. The molecule has 0 radical (unpaired) electrons. The van der Waals surface area contributed by atoms with Gasteiger partial charge in [0.15, 0.2) is 9.84 Å². The van der Waals surface area contributed by atoms with Gasteiger partial charge in [-0.1, -0.05) is 19.3 Å². The predicted molar refractivity (Wildman–Crippen MR) is 88.5 cm³/mol. The predicted octanol–water partition coefficient (Wildman–Crippen LogP) is 3.01. The number of nitrogens with zero attached hydrogens (tertiary/aromatic N) is 2. The van der Waals surface area contributed by atoms with Crippen LogP contribution in [0.3, 0.4) is 0 Å². The molecule has 3 rings (SSSR count). The number of anilines is 1. The maximum Gasteiger partial charge on any atom is 0.293 e. The van der Waals surface area contributed by atoms with Crippen molar-refractivity contribution in [3.05, 3.63) is 28.3 Å². The van der Waals surface area contributed by atoms with Crippen LogP contribution in [0.2, 0.25) is 0 Å². The minimum atomic E-state index is -3.45. The SMILES string of the molecule is CS(=O)(=O)c1ccc(N2CC[C@H]3CCCC[C@@H]3C2)c([N+](=O)[O-])c1. The van der Waals surface area contributed by atoms with Gasteiger partial charge in [0.1, 0.15) is 5.69 Å². The quantitative estimate of drug-likeness (QED) is 0.625. The van der Waals surface area contributed by atoms with E-state index in [1.807, 2.05) is 0 Å². The van der Waals surface area contributed by atoms with Gasteiger partial charge in [-0.2, -0.15) is 0 Å². The fourth-order valence-electron chi connectivity index (χ4n) is 3.97. The Morgan fingerprint density at radius 2 is 1.87 bits per heavy atom. The van der Waals surface area contributed by atoms with E-state index in [1.54, 1.807) is 6.07 Å². The second-order valence-corrected chi connectivity index (χ2v) is 8.73. The average Bonchev–Trinajstić information content (AvgIpc) is 2.53. The monoisotopic (exact) mass is 338 g/mol. The summed E-state index contributed by atoms with van der Waals surface area (Å²) in [6.45, 7) is 1.64. The summed E-state index contributed by atoms with van der Waals surface area (Å²) in [4.78, 5) is 13.0. The highest BCUT2D eigenvalue weighted by molar-refractivity contribution is 7.90. The van der Waals surface area contributed by atoms with Crippen molar-refractivity contribution in [2.45, 2.75) is 37.0 Å². The summed E-state index contributed by atoms with van der Waals surface area (Å²) in [5, 5.41) is 11.4. The molecule has 1 aromatic carbocycles. The van der Waals surface area contributed by atoms with Crippen molar-refractivity contribution in [3.8, 4) is 0 Å². The fourth-order valence-corrected chi connectivity index (χ4v) is 4.61. The first-order chi connectivity index (χ1) is 10.9. The van der Waals surface area contributed by atoms with Crippen LogP contribution in [0.25, 0.3) is 0 Å². The first-order valence-corrected chi connectivity index (χ1v) is 9.99. The van der Waals surface area contributed by atoms with E-state index in [4.69, 9.17) is 0 Å². The molecule has 23 heavy (non-hydrogen) atoms. The molecule has 1 heterocycles. The molecule has 1 saturated carbocycles. The molecule has 0 aromatic heterocycles. The van der Waals surface area contributed by atoms with Crippen LogP contribution in [-0.2, 0) is 9.84 Å². The number of sulfone groups is 1. The molecule has 1 aliphatic heterocycles. The van der Waals surface area contributed by atoms with Crippen molar-refractivity contribution in [1.82, 2.24) is 0 Å². The number of hydrogen-bond acceptors (Lipinski definition) is 5. The Hall–Kier alpha value is -1.63. The molecular formula is C16H22N2O4S. The fraction of sp³-hybridized carbons (Fsp3) is 0.625. The first kappa shape index (κ1) is 16.2. The molecule has 0 N–H and O–H groups in total. The Bertz CT molecular complexity index is 717. The van der Waals surface area contributed by atoms with Crippen LogP contribution in [0.15, 0.2) is 23.1 Å². The summed E-state index contributed by atoms with van der Waals surface area (Å²) in [6, 6.07) is 4.26. The summed E-state index contributed by atoms with van der Waals surface area (Å²) < 4.78 is 23.3. The first-order valence-electron chi connectivity index (χ1n) is 8.09. The summed E-state index contributed by atoms with van der Waals surface area (Å²) in [5.74, 6) is 1.35. The second-order valence-electron chi connectivity index (χ2n) is 6.72. The molecular weight excluding hydrogens is 316 g/mol. The lowest BCUT2D eigenvalue weighted by Crippen LogP contribution is -2.42. The van der Waals surface area contributed by atoms with Crippen LogP contribution < -0.4 is 4.90 Å². The molecule has 1 aliphatic carbocycles. The van der Waals surface area contributed by atoms with E-state index in [-0.39, 0.29) is 10.6 Å². The Morgan fingerprint density at radius 1 is 1.17 bits per heavy atom. The number of rotatable bonds is 3. The molecule has 2 atom stereocenters. The number of nitro benzene ring substituents is 1. The third-order valence-electron chi connectivity index (χ3n) is 5.20. The van der Waals surface area contributed by atoms with Gasteiger partial charge < -0.3 is 4.90 Å². The standard InChI is InChI=1S/C16H22N2O4S/c1-23(21,22)14-6-7-15(16(10-14)18(19)20)17-9-8-12-4-2-3-5-13(12)11-17/h6-7,10,12-13H,2-5,8-9,11H2,1H3/t12-,13-/m1/s1. The summed E-state index contributed by atoms with van der Waals surface area (Å²) in [5.41, 5.74) is 0.439. The summed E-state index contributed by atoms with van der Waals surface area (Å²) in [6.07, 6.45) is 7.13. The van der Waals surface area contributed by atoms with Crippen molar-refractivity contribution < 1.29 is 13.3 Å². The van der Waals surface area contributed by atoms with Gasteiger partial charge in [-0.25, -0.2) is 8.42 Å². The van der Waals surface area contributed by atoms with Crippen LogP contribution in [0, 0.1) is 22.0 Å². The van der Waals surface area contributed by atoms with Gasteiger partial charge in [0.2, 0.25) is 0 Å². The van der Waals surface area contributed by atoms with Crippen LogP contribution in [0.1, 0.15) is 32.1 Å². The lowest BCUT2D eigenvalue weighted by Gasteiger charge is -2.42. The highest BCUT2D eigenvalue weighted by Crippen LogP contribution is 2.40. The van der Waals surface area contributed by atoms with E-state index in [2.05, 4.69) is 4.90 Å². The molecule has 0 amide bonds. The number of benzene rings is 1. The van der Waals surface area contributed by atoms with E-state index in [0.717, 1.165) is 31.7 Å². The number of hydrogen-bond donors (Lipinski definition) is 0. The maximum atomic E-state index is 11.6. The van der Waals surface area contributed by atoms with Crippen LogP contribution in [-0.4, -0.2) is 32.7 Å². The van der Waals surface area contributed by atoms with Gasteiger partial charge in [0.05, 0.1) is 9.82 Å². The van der Waals surface area contributed by atoms with Crippen molar-refractivity contribution in [1.29, 1.82) is 0 Å². The summed E-state index contributed by atoms with van der Waals surface area (Å²) >= 11 is 0. The van der Waals surface area contributed by atoms with Gasteiger partial charge in [-0.3, -0.25) is 10.1 Å². The van der Waals surface area contributed by atoms with Gasteiger partial charge >= 0.3 is 0 Å². The van der Waals surface area contributed by atoms with Crippen molar-refractivity contribution in [2.24, 2.45) is 11.8 Å². The molecule has 126 valence electrons. The molecule has 7 heteroatoms. The molecule has 6 nitrogen and oxygen atoms in total. The molecule has 0 bridgehead atoms. The number of nitro groups is 1. The van der Waals surface area contributed by atoms with Gasteiger partial charge in [-0.05, 0) is 36.8 Å². The van der Waals surface area contributed by atoms with Gasteiger partial charge in [0.25, 0.3) is 5.69 Å². The molecule has 1 aromatic rings. The molecule has 2 fully saturated rings. The minimum Gasteiger partial charge on any atom is -0.366 e. The highest BCUT2D eigenvalue weighted by Gasteiger charge is 2.33. The van der Waals surface area contributed by atoms with Crippen molar-refractivity contribution >= 4 is 21.2 Å². The number of piperidine rings is 1. The lowest BCUT2D eigenvalue weighted by molar-refractivity contribution is -0.384. The van der Waals surface area contributed by atoms with Crippen LogP contribution in [0.4, 0.5) is 11.4 Å². The number of fused-ring (bicyclic) bond motifs is 1. The molecule has 0 spiro atoms. The van der Waals surface area contributed by atoms with Crippen molar-refractivity contribution in [3.63, 3.8) is 0 Å². The Balaban J connectivity index is 1.91. The van der Waals surface area contributed by atoms with Crippen molar-refractivity contribution in [2.75, 3.05) is 24.2 Å². The van der Waals surface area contributed by atoms with E-state index in [0.29, 0.717) is 11.6 Å². The normalized spacial score (nSPS) is 25.0. The van der Waals surface area contributed by atoms with Gasteiger partial charge in [-0.15, -0.1) is 0 Å². The van der Waals surface area contributed by atoms with E-state index in [9.17, 15) is 18.5 Å². The van der Waals surface area contributed by atoms with E-state index in [1.165, 1.54) is 37.8 Å². The highest BCUT2D eigenvalue weighted by atomic mass is 32.2. The zero-order valence-corrected chi connectivity index (χ0v) is 14.1. The topological polar surface area (TPSA) is 80.5 Å². The lowest BCUT2D eigenvalue weighted by atomic mass is 9.75.